The lowest BCUT2D eigenvalue weighted by atomic mass is 9.86. The molecule has 5 nitrogen and oxygen atoms in total. The zero-order valence-corrected chi connectivity index (χ0v) is 17.6. The van der Waals surface area contributed by atoms with E-state index < -0.39 is 0 Å². The van der Waals surface area contributed by atoms with Crippen LogP contribution in [0.2, 0.25) is 0 Å². The molecule has 0 radical (unpaired) electrons. The van der Waals surface area contributed by atoms with Crippen molar-refractivity contribution in [3.63, 3.8) is 0 Å². The van der Waals surface area contributed by atoms with E-state index in [1.54, 1.807) is 0 Å². The number of aryl methyl sites for hydroxylation is 1. The van der Waals surface area contributed by atoms with Gasteiger partial charge in [-0.1, -0.05) is 42.5 Å². The van der Waals surface area contributed by atoms with E-state index in [-0.39, 0.29) is 18.1 Å². The van der Waals surface area contributed by atoms with Crippen LogP contribution in [-0.2, 0) is 11.2 Å². The molecule has 30 heavy (non-hydrogen) atoms. The molecule has 1 fully saturated rings. The van der Waals surface area contributed by atoms with Gasteiger partial charge in [0.1, 0.15) is 6.17 Å². The molecule has 0 aromatic heterocycles. The molecule has 1 amide bonds. The number of nitrogens with zero attached hydrogens (tertiary/aromatic N) is 2. The van der Waals surface area contributed by atoms with Crippen molar-refractivity contribution in [2.24, 2.45) is 0 Å². The summed E-state index contributed by atoms with van der Waals surface area (Å²) in [7, 11) is 0. The van der Waals surface area contributed by atoms with Crippen molar-refractivity contribution in [3.05, 3.63) is 70.8 Å². The number of ether oxygens (including phenoxy) is 1. The van der Waals surface area contributed by atoms with Crippen molar-refractivity contribution in [2.75, 3.05) is 39.4 Å². The molecular weight excluding hydrogens is 374 g/mol. The number of nitrogens with one attached hydrogen (secondary N) is 1. The van der Waals surface area contributed by atoms with Crippen LogP contribution in [0.15, 0.2) is 48.5 Å². The maximum absolute atomic E-state index is 13.5. The molecule has 2 aliphatic heterocycles. The third-order valence-corrected chi connectivity index (χ3v) is 6.76. The second kappa shape index (κ2) is 8.88. The summed E-state index contributed by atoms with van der Waals surface area (Å²) in [5.41, 5.74) is 4.69. The molecule has 2 heterocycles. The number of fused-ring (bicyclic) bond motifs is 2. The van der Waals surface area contributed by atoms with E-state index in [1.807, 2.05) is 18.2 Å². The van der Waals surface area contributed by atoms with Crippen LogP contribution in [0.4, 0.5) is 0 Å². The lowest BCUT2D eigenvalue weighted by molar-refractivity contribution is 0.0365. The van der Waals surface area contributed by atoms with Crippen molar-refractivity contribution in [3.8, 4) is 0 Å². The second-order valence-corrected chi connectivity index (χ2v) is 8.57. The highest BCUT2D eigenvalue weighted by Gasteiger charge is 2.41. The first-order valence-corrected chi connectivity index (χ1v) is 11.4. The summed E-state index contributed by atoms with van der Waals surface area (Å²) in [5.74, 6) is 0.165. The van der Waals surface area contributed by atoms with Gasteiger partial charge in [0.15, 0.2) is 0 Å². The third-order valence-electron chi connectivity index (χ3n) is 6.76. The molecule has 1 aliphatic carbocycles. The average Bonchev–Trinajstić information content (AvgIpc) is 3.09. The SMILES string of the molecule is O=C1c2ccccc2[C@H](NCCCN2CCOCC2)N1[C@@H]1CCCc2ccccc21. The van der Waals surface area contributed by atoms with Crippen LogP contribution in [0.5, 0.6) is 0 Å². The zero-order valence-electron chi connectivity index (χ0n) is 17.6. The molecule has 0 unspecified atom stereocenters. The van der Waals surface area contributed by atoms with E-state index in [2.05, 4.69) is 45.4 Å². The normalized spacial score (nSPS) is 24.0. The minimum atomic E-state index is -0.0467. The molecule has 1 saturated heterocycles. The molecule has 5 rings (SSSR count). The second-order valence-electron chi connectivity index (χ2n) is 8.57. The lowest BCUT2D eigenvalue weighted by Crippen LogP contribution is -2.42. The lowest BCUT2D eigenvalue weighted by Gasteiger charge is -2.37. The van der Waals surface area contributed by atoms with Gasteiger partial charge in [0.25, 0.3) is 5.91 Å². The molecule has 5 heteroatoms. The van der Waals surface area contributed by atoms with Gasteiger partial charge in [-0.15, -0.1) is 0 Å². The molecule has 3 aliphatic rings. The van der Waals surface area contributed by atoms with Crippen LogP contribution < -0.4 is 5.32 Å². The number of hydrogen-bond donors (Lipinski definition) is 1. The molecule has 158 valence electrons. The van der Waals surface area contributed by atoms with Gasteiger partial charge in [0.05, 0.1) is 19.3 Å². The Morgan fingerprint density at radius 2 is 1.77 bits per heavy atom. The smallest absolute Gasteiger partial charge is 0.256 e. The van der Waals surface area contributed by atoms with Gasteiger partial charge in [0, 0.05) is 24.2 Å². The maximum Gasteiger partial charge on any atom is 0.256 e. The zero-order chi connectivity index (χ0) is 20.3. The topological polar surface area (TPSA) is 44.8 Å². The molecule has 0 spiro atoms. The Hall–Kier alpha value is -2.21. The van der Waals surface area contributed by atoms with E-state index in [1.165, 1.54) is 11.1 Å². The highest BCUT2D eigenvalue weighted by atomic mass is 16.5. The summed E-state index contributed by atoms with van der Waals surface area (Å²) in [6.07, 6.45) is 4.30. The average molecular weight is 406 g/mol. The van der Waals surface area contributed by atoms with Crippen LogP contribution in [0.3, 0.4) is 0 Å². The van der Waals surface area contributed by atoms with Gasteiger partial charge < -0.3 is 9.64 Å². The fourth-order valence-corrected chi connectivity index (χ4v) is 5.25. The predicted molar refractivity (Wildman–Crippen MR) is 117 cm³/mol. The monoisotopic (exact) mass is 405 g/mol. The molecular formula is C25H31N3O2. The Labute approximate surface area is 179 Å². The summed E-state index contributed by atoms with van der Waals surface area (Å²) in [6, 6.07) is 16.9. The molecule has 0 saturated carbocycles. The van der Waals surface area contributed by atoms with Crippen LogP contribution in [0.25, 0.3) is 0 Å². The van der Waals surface area contributed by atoms with Crippen molar-refractivity contribution in [1.82, 2.24) is 15.1 Å². The summed E-state index contributed by atoms with van der Waals surface area (Å²) >= 11 is 0. The number of benzene rings is 2. The van der Waals surface area contributed by atoms with Gasteiger partial charge in [-0.3, -0.25) is 15.0 Å². The van der Waals surface area contributed by atoms with Gasteiger partial charge in [-0.05, 0) is 56.0 Å². The molecule has 2 aromatic carbocycles. The number of carbonyl (C=O) groups excluding carboxylic acids is 1. The van der Waals surface area contributed by atoms with Crippen molar-refractivity contribution in [1.29, 1.82) is 0 Å². The van der Waals surface area contributed by atoms with E-state index in [0.29, 0.717) is 0 Å². The number of morpholine rings is 1. The summed E-state index contributed by atoms with van der Waals surface area (Å²) < 4.78 is 5.45. The molecule has 2 atom stereocenters. The van der Waals surface area contributed by atoms with Crippen molar-refractivity contribution >= 4 is 5.91 Å². The van der Waals surface area contributed by atoms with Crippen LogP contribution in [0, 0.1) is 0 Å². The predicted octanol–water partition coefficient (Wildman–Crippen LogP) is 3.53. The van der Waals surface area contributed by atoms with E-state index >= 15 is 0 Å². The van der Waals surface area contributed by atoms with Crippen molar-refractivity contribution < 1.29 is 9.53 Å². The quantitative estimate of drug-likeness (QED) is 0.747. The van der Waals surface area contributed by atoms with Gasteiger partial charge in [-0.25, -0.2) is 0 Å². The Morgan fingerprint density at radius 1 is 1.00 bits per heavy atom. The van der Waals surface area contributed by atoms with E-state index in [9.17, 15) is 4.79 Å². The van der Waals surface area contributed by atoms with Crippen LogP contribution in [0.1, 0.15) is 58.5 Å². The van der Waals surface area contributed by atoms with Gasteiger partial charge >= 0.3 is 0 Å². The summed E-state index contributed by atoms with van der Waals surface area (Å²) in [6.45, 7) is 5.70. The number of carbonyl (C=O) groups is 1. The Kier molecular flexibility index (Phi) is 5.84. The van der Waals surface area contributed by atoms with Crippen molar-refractivity contribution in [2.45, 2.75) is 37.9 Å². The Bertz CT molecular complexity index is 893. The third kappa shape index (κ3) is 3.78. The molecule has 1 N–H and O–H groups in total. The number of amides is 1. The van der Waals surface area contributed by atoms with E-state index in [4.69, 9.17) is 4.74 Å². The van der Waals surface area contributed by atoms with Gasteiger partial charge in [-0.2, -0.15) is 0 Å². The first-order chi connectivity index (χ1) is 14.8. The van der Waals surface area contributed by atoms with Gasteiger partial charge in [0.2, 0.25) is 0 Å². The highest BCUT2D eigenvalue weighted by Crippen LogP contribution is 2.43. The Morgan fingerprint density at radius 3 is 2.63 bits per heavy atom. The molecule has 0 bridgehead atoms. The maximum atomic E-state index is 13.5. The minimum Gasteiger partial charge on any atom is -0.379 e. The van der Waals surface area contributed by atoms with Crippen LogP contribution >= 0.6 is 0 Å². The standard InChI is InChI=1S/C25H31N3O2/c29-25-22-11-4-3-10-21(22)24(26-13-6-14-27-15-17-30-18-16-27)28(25)23-12-5-8-19-7-1-2-9-20(19)23/h1-4,7,9-11,23-24,26H,5-6,8,12-18H2/t23-,24-/m1/s1. The summed E-state index contributed by atoms with van der Waals surface area (Å²) in [4.78, 5) is 18.0. The first kappa shape index (κ1) is 19.7. The first-order valence-electron chi connectivity index (χ1n) is 11.4. The fourth-order valence-electron chi connectivity index (χ4n) is 5.25. The fraction of sp³-hybridized carbons (Fsp3) is 0.480. The number of rotatable bonds is 6. The van der Waals surface area contributed by atoms with E-state index in [0.717, 1.165) is 76.2 Å². The minimum absolute atomic E-state index is 0.0467. The summed E-state index contributed by atoms with van der Waals surface area (Å²) in [5, 5.41) is 3.73. The highest BCUT2D eigenvalue weighted by molar-refractivity contribution is 5.99. The number of hydrogen-bond acceptors (Lipinski definition) is 4. The van der Waals surface area contributed by atoms with Crippen LogP contribution in [-0.4, -0.2) is 55.1 Å². The molecule has 2 aromatic rings. The largest absolute Gasteiger partial charge is 0.379 e. The Balaban J connectivity index is 1.34.